The summed E-state index contributed by atoms with van der Waals surface area (Å²) in [5.41, 5.74) is 3.79. The molecule has 0 saturated heterocycles. The van der Waals surface area contributed by atoms with E-state index >= 15 is 0 Å². The van der Waals surface area contributed by atoms with E-state index in [1.807, 2.05) is 30.7 Å². The largest absolute Gasteiger partial charge is 0.459 e. The van der Waals surface area contributed by atoms with Gasteiger partial charge in [-0.3, -0.25) is 0 Å². The molecule has 28 heavy (non-hydrogen) atoms. The van der Waals surface area contributed by atoms with Gasteiger partial charge in [-0.1, -0.05) is 30.2 Å². The maximum atomic E-state index is 12.0. The van der Waals surface area contributed by atoms with E-state index in [1.165, 1.54) is 18.5 Å². The van der Waals surface area contributed by atoms with Crippen molar-refractivity contribution in [3.8, 4) is 0 Å². The average molecular weight is 386 g/mol. The number of esters is 1. The van der Waals surface area contributed by atoms with Crippen molar-refractivity contribution in [1.82, 2.24) is 15.0 Å². The normalized spacial score (nSPS) is 17.3. The smallest absolute Gasteiger partial charge is 0.338 e. The molecule has 6 heteroatoms. The van der Waals surface area contributed by atoms with Gasteiger partial charge in [0.05, 0.1) is 24.0 Å². The number of hydrogen-bond acceptors (Lipinski definition) is 5. The Labute approximate surface area is 167 Å². The summed E-state index contributed by atoms with van der Waals surface area (Å²) in [5, 5.41) is 8.84. The number of benzene rings is 1. The van der Waals surface area contributed by atoms with Gasteiger partial charge in [-0.15, -0.1) is 5.10 Å². The van der Waals surface area contributed by atoms with Gasteiger partial charge in [0.1, 0.15) is 11.8 Å². The number of nitrogens with zero attached hydrogens (tertiary/aromatic N) is 3. The van der Waals surface area contributed by atoms with Gasteiger partial charge < -0.3 is 9.47 Å². The van der Waals surface area contributed by atoms with Crippen molar-refractivity contribution in [3.05, 3.63) is 46.8 Å². The summed E-state index contributed by atoms with van der Waals surface area (Å²) in [7, 11) is 0. The van der Waals surface area contributed by atoms with Crippen LogP contribution in [0.5, 0.6) is 0 Å². The molecule has 0 aliphatic heterocycles. The van der Waals surface area contributed by atoms with E-state index in [4.69, 9.17) is 9.47 Å². The Morgan fingerprint density at radius 1 is 1.14 bits per heavy atom. The summed E-state index contributed by atoms with van der Waals surface area (Å²) in [6.45, 7) is 8.45. The van der Waals surface area contributed by atoms with Gasteiger partial charge in [0.2, 0.25) is 0 Å². The van der Waals surface area contributed by atoms with Crippen molar-refractivity contribution in [1.29, 1.82) is 0 Å². The van der Waals surface area contributed by atoms with E-state index in [2.05, 4.69) is 24.2 Å². The summed E-state index contributed by atoms with van der Waals surface area (Å²) in [6, 6.07) is 7.73. The van der Waals surface area contributed by atoms with E-state index in [1.54, 1.807) is 12.1 Å². The highest BCUT2D eigenvalue weighted by Crippen LogP contribution is 2.31. The number of carbonyl (C=O) groups excluding carboxylic acids is 1. The van der Waals surface area contributed by atoms with Gasteiger partial charge in [-0.25, -0.2) is 9.48 Å². The van der Waals surface area contributed by atoms with Gasteiger partial charge in [0.25, 0.3) is 0 Å². The quantitative estimate of drug-likeness (QED) is 0.668. The van der Waals surface area contributed by atoms with Gasteiger partial charge in [-0.2, -0.15) is 0 Å². The molecule has 0 saturated carbocycles. The number of rotatable bonds is 6. The fraction of sp³-hybridized carbons (Fsp3) is 0.591. The zero-order valence-electron chi connectivity index (χ0n) is 17.4. The van der Waals surface area contributed by atoms with Crippen LogP contribution < -0.4 is 0 Å². The third kappa shape index (κ3) is 4.98. The second kappa shape index (κ2) is 9.32. The van der Waals surface area contributed by atoms with Crippen LogP contribution in [0.3, 0.4) is 0 Å². The zero-order valence-corrected chi connectivity index (χ0v) is 17.4. The Morgan fingerprint density at radius 2 is 1.89 bits per heavy atom. The van der Waals surface area contributed by atoms with Crippen LogP contribution in [-0.4, -0.2) is 27.1 Å². The molecule has 1 atom stereocenters. The molecule has 0 amide bonds. The molecule has 152 valence electrons. The number of hydrogen-bond donors (Lipinski definition) is 0. The van der Waals surface area contributed by atoms with Crippen LogP contribution in [0.4, 0.5) is 0 Å². The van der Waals surface area contributed by atoms with Crippen LogP contribution in [0.1, 0.15) is 92.8 Å². The molecule has 0 bridgehead atoms. The van der Waals surface area contributed by atoms with Crippen LogP contribution in [0, 0.1) is 0 Å². The van der Waals surface area contributed by atoms with Gasteiger partial charge in [0, 0.05) is 6.04 Å². The van der Waals surface area contributed by atoms with E-state index < -0.39 is 0 Å². The number of aromatic nitrogens is 3. The maximum Gasteiger partial charge on any atom is 0.338 e. The highest BCUT2D eigenvalue weighted by Gasteiger charge is 2.25. The summed E-state index contributed by atoms with van der Waals surface area (Å²) in [4.78, 5) is 12.0. The molecule has 0 radical (unpaired) electrons. The third-order valence-electron chi connectivity index (χ3n) is 4.98. The Balaban J connectivity index is 1.68. The first-order valence-corrected chi connectivity index (χ1v) is 10.3. The minimum Gasteiger partial charge on any atom is -0.459 e. The summed E-state index contributed by atoms with van der Waals surface area (Å²) in [5.74, 6) is -0.294. The van der Waals surface area contributed by atoms with Crippen LogP contribution in [0.2, 0.25) is 0 Å². The predicted octanol–water partition coefficient (Wildman–Crippen LogP) is 4.80. The van der Waals surface area contributed by atoms with E-state index in [0.717, 1.165) is 30.5 Å². The molecule has 1 aromatic heterocycles. The van der Waals surface area contributed by atoms with E-state index in [-0.39, 0.29) is 18.2 Å². The molecule has 1 aliphatic carbocycles. The van der Waals surface area contributed by atoms with Crippen LogP contribution in [-0.2, 0) is 22.5 Å². The van der Waals surface area contributed by atoms with Crippen molar-refractivity contribution in [2.75, 3.05) is 0 Å². The third-order valence-corrected chi connectivity index (χ3v) is 4.98. The Hall–Kier alpha value is -2.21. The first-order valence-electron chi connectivity index (χ1n) is 10.3. The minimum atomic E-state index is -0.294. The first-order chi connectivity index (χ1) is 13.5. The summed E-state index contributed by atoms with van der Waals surface area (Å²) >= 11 is 0. The molecule has 0 fully saturated rings. The van der Waals surface area contributed by atoms with Gasteiger partial charge in [-0.05, 0) is 64.7 Å². The molecule has 1 aromatic carbocycles. The van der Waals surface area contributed by atoms with E-state index in [0.29, 0.717) is 18.2 Å². The highest BCUT2D eigenvalue weighted by molar-refractivity contribution is 5.89. The Morgan fingerprint density at radius 3 is 2.57 bits per heavy atom. The van der Waals surface area contributed by atoms with Crippen LogP contribution in [0.15, 0.2) is 24.3 Å². The topological polar surface area (TPSA) is 66.2 Å². The monoisotopic (exact) mass is 385 g/mol. The van der Waals surface area contributed by atoms with Crippen molar-refractivity contribution < 1.29 is 14.3 Å². The minimum absolute atomic E-state index is 0.0339. The van der Waals surface area contributed by atoms with Crippen molar-refractivity contribution in [3.63, 3.8) is 0 Å². The number of ether oxygens (including phenoxy) is 2. The molecule has 0 spiro atoms. The number of carbonyl (C=O) groups is 1. The fourth-order valence-corrected chi connectivity index (χ4v) is 3.55. The molecule has 1 heterocycles. The molecule has 2 aromatic rings. The molecular weight excluding hydrogens is 354 g/mol. The molecule has 1 unspecified atom stereocenters. The highest BCUT2D eigenvalue weighted by atomic mass is 16.5. The second-order valence-corrected chi connectivity index (χ2v) is 8.01. The lowest BCUT2D eigenvalue weighted by molar-refractivity contribution is 0.0275. The first kappa shape index (κ1) is 20.5. The van der Waals surface area contributed by atoms with Crippen LogP contribution >= 0.6 is 0 Å². The molecular formula is C22H31N3O3. The van der Waals surface area contributed by atoms with Crippen molar-refractivity contribution >= 4 is 5.97 Å². The lowest BCUT2D eigenvalue weighted by atomic mass is 9.98. The summed E-state index contributed by atoms with van der Waals surface area (Å²) in [6.07, 6.45) is 5.33. The van der Waals surface area contributed by atoms with Crippen molar-refractivity contribution in [2.24, 2.45) is 0 Å². The summed E-state index contributed by atoms with van der Waals surface area (Å²) < 4.78 is 13.5. The lowest BCUT2D eigenvalue weighted by Crippen LogP contribution is -2.14. The molecule has 3 rings (SSSR count). The zero-order chi connectivity index (χ0) is 20.1. The molecule has 1 aliphatic rings. The second-order valence-electron chi connectivity index (χ2n) is 8.01. The van der Waals surface area contributed by atoms with Gasteiger partial charge in [0.15, 0.2) is 0 Å². The molecule has 6 nitrogen and oxygen atoms in total. The average Bonchev–Trinajstić information content (AvgIpc) is 3.04. The lowest BCUT2D eigenvalue weighted by Gasteiger charge is -2.21. The van der Waals surface area contributed by atoms with E-state index in [9.17, 15) is 4.79 Å². The Bertz CT molecular complexity index is 781. The standard InChI is InChI=1S/C22H31N3O3/c1-15(2)25-19-8-6-5-7-9-20(21(19)23-24-25)27-14-17-10-12-18(13-11-17)22(26)28-16(3)4/h10-13,15-16,20H,5-9,14H2,1-4H3. The fourth-order valence-electron chi connectivity index (χ4n) is 3.55. The number of fused-ring (bicyclic) bond motifs is 1. The maximum absolute atomic E-state index is 12.0. The SMILES string of the molecule is CC(C)OC(=O)c1ccc(COC2CCCCCc3c2nnn3C(C)C)cc1. The van der Waals surface area contributed by atoms with Crippen LogP contribution in [0.25, 0.3) is 0 Å². The Kier molecular flexibility index (Phi) is 6.83. The van der Waals surface area contributed by atoms with Gasteiger partial charge >= 0.3 is 5.97 Å². The van der Waals surface area contributed by atoms with Crippen molar-refractivity contribution in [2.45, 2.75) is 84.7 Å². The molecule has 0 N–H and O–H groups in total. The predicted molar refractivity (Wildman–Crippen MR) is 107 cm³/mol.